The van der Waals surface area contributed by atoms with Crippen molar-refractivity contribution in [3.05, 3.63) is 76.8 Å². The molecule has 0 saturated carbocycles. The first-order valence-electron chi connectivity index (χ1n) is 11.7. The van der Waals surface area contributed by atoms with Crippen LogP contribution in [0.2, 0.25) is 0 Å². The number of nitrogens with zero attached hydrogens (tertiary/aromatic N) is 7. The Hall–Kier alpha value is -3.79. The minimum atomic E-state index is -0.138. The molecular weight excluding hydrogens is 462 g/mol. The van der Waals surface area contributed by atoms with Crippen LogP contribution in [0.25, 0.3) is 28.5 Å². The third-order valence-electron chi connectivity index (χ3n) is 6.16. The highest BCUT2D eigenvalue weighted by atomic mass is 32.2. The molecule has 10 heteroatoms. The van der Waals surface area contributed by atoms with Crippen molar-refractivity contribution < 1.29 is 4.52 Å². The summed E-state index contributed by atoms with van der Waals surface area (Å²) < 4.78 is 9.22. The third-order valence-corrected chi connectivity index (χ3v) is 7.24. The van der Waals surface area contributed by atoms with E-state index in [0.29, 0.717) is 23.1 Å². The second kappa shape index (κ2) is 9.10. The molecule has 0 saturated heterocycles. The van der Waals surface area contributed by atoms with Crippen LogP contribution in [0.15, 0.2) is 69.3 Å². The van der Waals surface area contributed by atoms with E-state index in [4.69, 9.17) is 9.51 Å². The highest BCUT2D eigenvalue weighted by Gasteiger charge is 2.28. The van der Waals surface area contributed by atoms with Gasteiger partial charge in [0.05, 0.1) is 10.9 Å². The number of thioether (sulfide) groups is 1. The lowest BCUT2D eigenvalue weighted by molar-refractivity contribution is 0.380. The van der Waals surface area contributed by atoms with Crippen molar-refractivity contribution in [1.29, 1.82) is 0 Å². The van der Waals surface area contributed by atoms with Crippen molar-refractivity contribution in [3.8, 4) is 28.5 Å². The zero-order valence-corrected chi connectivity index (χ0v) is 20.0. The number of fused-ring (bicyclic) bond motifs is 3. The van der Waals surface area contributed by atoms with Crippen LogP contribution in [0.1, 0.15) is 43.0 Å². The lowest BCUT2D eigenvalue weighted by Gasteiger charge is -2.18. The minimum absolute atomic E-state index is 0.119. The molecule has 0 bridgehead atoms. The first-order valence-corrected chi connectivity index (χ1v) is 12.6. The molecule has 35 heavy (non-hydrogen) atoms. The number of benzene rings is 1. The van der Waals surface area contributed by atoms with Crippen LogP contribution in [0.4, 0.5) is 0 Å². The number of rotatable bonds is 5. The Morgan fingerprint density at radius 3 is 2.74 bits per heavy atom. The number of pyridine rings is 1. The molecule has 3 aromatic rings. The van der Waals surface area contributed by atoms with Gasteiger partial charge in [-0.2, -0.15) is 9.67 Å². The van der Waals surface area contributed by atoms with E-state index < -0.39 is 0 Å². The van der Waals surface area contributed by atoms with E-state index in [1.165, 1.54) is 4.68 Å². The number of para-hydroxylation sites is 1. The standard InChI is InChI=1S/C25H23N7O2S/c1-16(23-27-21(30-34-23)17-9-8-13-26-15-17)35-25-28-22-20(19-12-6-3-7-14-31(19)25)24(33)32(29-22)18-10-4-2-5-11-18/h2,4-5,8-11,13,15-16H,3,6-7,12,14H2,1H3/t16-/m0/s1. The van der Waals surface area contributed by atoms with Gasteiger partial charge in [-0.15, -0.1) is 5.10 Å². The molecule has 0 spiro atoms. The molecule has 3 aliphatic heterocycles. The predicted molar refractivity (Wildman–Crippen MR) is 132 cm³/mol. The lowest BCUT2D eigenvalue weighted by Crippen LogP contribution is -2.19. The third kappa shape index (κ3) is 4.03. The van der Waals surface area contributed by atoms with Crippen molar-refractivity contribution in [2.45, 2.75) is 49.6 Å². The molecule has 6 rings (SSSR count). The first kappa shape index (κ1) is 21.7. The van der Waals surface area contributed by atoms with E-state index >= 15 is 0 Å². The summed E-state index contributed by atoms with van der Waals surface area (Å²) in [6.45, 7) is 2.83. The van der Waals surface area contributed by atoms with Gasteiger partial charge in [0, 0.05) is 30.2 Å². The summed E-state index contributed by atoms with van der Waals surface area (Å²) in [5.74, 6) is 1.49. The Balaban J connectivity index is 1.40. The van der Waals surface area contributed by atoms with Crippen molar-refractivity contribution >= 4 is 11.8 Å². The maximum atomic E-state index is 13.4. The fourth-order valence-corrected chi connectivity index (χ4v) is 5.39. The lowest BCUT2D eigenvalue weighted by atomic mass is 10.1. The van der Waals surface area contributed by atoms with Crippen LogP contribution in [0.3, 0.4) is 0 Å². The van der Waals surface area contributed by atoms with Gasteiger partial charge in [-0.05, 0) is 50.5 Å². The summed E-state index contributed by atoms with van der Waals surface area (Å²) in [6, 6.07) is 13.2. The molecule has 0 N–H and O–H groups in total. The first-order chi connectivity index (χ1) is 17.2. The summed E-state index contributed by atoms with van der Waals surface area (Å²) in [5.41, 5.74) is 3.04. The summed E-state index contributed by atoms with van der Waals surface area (Å²) in [4.78, 5) is 27.0. The molecule has 2 aromatic heterocycles. The average Bonchev–Trinajstić information content (AvgIpc) is 3.43. The topological polar surface area (TPSA) is 105 Å². The van der Waals surface area contributed by atoms with Gasteiger partial charge in [0.1, 0.15) is 5.56 Å². The van der Waals surface area contributed by atoms with Crippen molar-refractivity contribution in [1.82, 2.24) is 34.5 Å². The SMILES string of the molecule is C[C@H](Sc1nc2nn(-c3ccccc3)c(=O)c-2c2n1CCCCC2)c1nc(-c2cccnc2)no1. The van der Waals surface area contributed by atoms with Gasteiger partial charge < -0.3 is 9.09 Å². The number of hydrogen-bond donors (Lipinski definition) is 0. The highest BCUT2D eigenvalue weighted by molar-refractivity contribution is 7.99. The van der Waals surface area contributed by atoms with Crippen LogP contribution < -0.4 is 5.56 Å². The van der Waals surface area contributed by atoms with Crippen LogP contribution in [-0.4, -0.2) is 34.5 Å². The van der Waals surface area contributed by atoms with E-state index in [2.05, 4.69) is 24.8 Å². The molecule has 0 fully saturated rings. The molecule has 0 aliphatic carbocycles. The largest absolute Gasteiger partial charge is 0.338 e. The fourth-order valence-electron chi connectivity index (χ4n) is 4.41. The van der Waals surface area contributed by atoms with Crippen LogP contribution in [-0.2, 0) is 13.0 Å². The average molecular weight is 486 g/mol. The van der Waals surface area contributed by atoms with E-state index in [1.54, 1.807) is 24.2 Å². The Morgan fingerprint density at radius 2 is 1.91 bits per heavy atom. The van der Waals surface area contributed by atoms with Crippen molar-refractivity contribution in [3.63, 3.8) is 0 Å². The summed E-state index contributed by atoms with van der Waals surface area (Å²) >= 11 is 1.54. The van der Waals surface area contributed by atoms with Gasteiger partial charge in [0.2, 0.25) is 11.7 Å². The highest BCUT2D eigenvalue weighted by Crippen LogP contribution is 2.37. The van der Waals surface area contributed by atoms with Gasteiger partial charge in [0.15, 0.2) is 11.0 Å². The summed E-state index contributed by atoms with van der Waals surface area (Å²) in [5, 5.41) is 9.41. The maximum absolute atomic E-state index is 13.4. The molecule has 0 unspecified atom stereocenters. The molecule has 1 aromatic carbocycles. The normalized spacial score (nSPS) is 14.5. The Kier molecular flexibility index (Phi) is 5.65. The Morgan fingerprint density at radius 1 is 1.03 bits per heavy atom. The molecule has 0 amide bonds. The maximum Gasteiger partial charge on any atom is 0.284 e. The molecule has 9 nitrogen and oxygen atoms in total. The second-order valence-corrected chi connectivity index (χ2v) is 9.82. The van der Waals surface area contributed by atoms with E-state index in [-0.39, 0.29) is 10.8 Å². The summed E-state index contributed by atoms with van der Waals surface area (Å²) in [6.07, 6.45) is 7.43. The molecule has 176 valence electrons. The zero-order valence-electron chi connectivity index (χ0n) is 19.2. The van der Waals surface area contributed by atoms with Crippen molar-refractivity contribution in [2.24, 2.45) is 0 Å². The smallest absolute Gasteiger partial charge is 0.284 e. The van der Waals surface area contributed by atoms with Gasteiger partial charge in [-0.3, -0.25) is 9.78 Å². The number of hydrogen-bond acceptors (Lipinski definition) is 8. The fraction of sp³-hybridized carbons (Fsp3) is 0.280. The Bertz CT molecular complexity index is 1490. The van der Waals surface area contributed by atoms with E-state index in [0.717, 1.165) is 54.3 Å². The van der Waals surface area contributed by atoms with Crippen molar-refractivity contribution in [2.75, 3.05) is 0 Å². The van der Waals surface area contributed by atoms with Gasteiger partial charge in [-0.1, -0.05) is 41.5 Å². The predicted octanol–water partition coefficient (Wildman–Crippen LogP) is 4.56. The van der Waals surface area contributed by atoms with Gasteiger partial charge >= 0.3 is 0 Å². The summed E-state index contributed by atoms with van der Waals surface area (Å²) in [7, 11) is 0. The van der Waals surface area contributed by atoms with E-state index in [9.17, 15) is 4.79 Å². The quantitative estimate of drug-likeness (QED) is 0.264. The molecule has 5 heterocycles. The Labute approximate surface area is 205 Å². The molecular formula is C25H23N7O2S. The van der Waals surface area contributed by atoms with Crippen LogP contribution in [0.5, 0.6) is 0 Å². The second-order valence-electron chi connectivity index (χ2n) is 8.51. The van der Waals surface area contributed by atoms with Crippen LogP contribution >= 0.6 is 11.8 Å². The molecule has 3 aliphatic rings. The number of aromatic nitrogens is 7. The zero-order chi connectivity index (χ0) is 23.8. The van der Waals surface area contributed by atoms with Crippen LogP contribution in [0, 0.1) is 0 Å². The monoisotopic (exact) mass is 485 g/mol. The minimum Gasteiger partial charge on any atom is -0.338 e. The van der Waals surface area contributed by atoms with E-state index in [1.807, 2.05) is 49.4 Å². The van der Waals surface area contributed by atoms with Gasteiger partial charge in [-0.25, -0.2) is 4.98 Å². The van der Waals surface area contributed by atoms with Gasteiger partial charge in [0.25, 0.3) is 5.56 Å². The molecule has 0 radical (unpaired) electrons. The molecule has 1 atom stereocenters.